The average molecular weight is 834 g/mol. The second-order valence-electron chi connectivity index (χ2n) is 7.83. The largest absolute Gasteiger partial charge is 0.527 e. The molecule has 0 heterocycles. The molecule has 0 aromatic rings. The highest BCUT2D eigenvalue weighted by atomic mass is 19.4. The molecular formula is C14F30O6. The quantitative estimate of drug-likeness (QED) is 0.145. The molecule has 0 aliphatic rings. The van der Waals surface area contributed by atoms with Crippen molar-refractivity contribution in [3.63, 3.8) is 0 Å². The van der Waals surface area contributed by atoms with E-state index in [2.05, 4.69) is 0 Å². The molecule has 0 bridgehead atoms. The molecule has 0 radical (unpaired) electrons. The van der Waals surface area contributed by atoms with Gasteiger partial charge >= 0.3 is 85.7 Å². The predicted molar refractivity (Wildman–Crippen MR) is 78.0 cm³/mol. The van der Waals surface area contributed by atoms with Crippen LogP contribution in [0.3, 0.4) is 0 Å². The van der Waals surface area contributed by atoms with E-state index < -0.39 is 85.7 Å². The van der Waals surface area contributed by atoms with Crippen LogP contribution in [0.5, 0.6) is 0 Å². The molecule has 1 atom stereocenters. The molecule has 302 valence electrons. The summed E-state index contributed by atoms with van der Waals surface area (Å²) in [7, 11) is 0. The zero-order chi connectivity index (χ0) is 41.2. The fourth-order valence-corrected chi connectivity index (χ4v) is 2.05. The summed E-state index contributed by atoms with van der Waals surface area (Å²) in [4.78, 5) is 0. The van der Waals surface area contributed by atoms with E-state index in [1.807, 2.05) is 0 Å². The minimum atomic E-state index is -9.19. The molecule has 0 N–H and O–H groups in total. The van der Waals surface area contributed by atoms with Crippen molar-refractivity contribution in [2.24, 2.45) is 0 Å². The van der Waals surface area contributed by atoms with Crippen LogP contribution in [0.2, 0.25) is 0 Å². The first-order valence-corrected chi connectivity index (χ1v) is 9.87. The van der Waals surface area contributed by atoms with E-state index in [1.54, 1.807) is 0 Å². The van der Waals surface area contributed by atoms with Crippen molar-refractivity contribution < 1.29 is 160 Å². The maximum absolute atomic E-state index is 14.1. The summed E-state index contributed by atoms with van der Waals surface area (Å²) in [5.74, 6) is 0. The number of halogens is 30. The highest BCUT2D eigenvalue weighted by Crippen LogP contribution is 2.60. The molecule has 0 rings (SSSR count). The number of hydrogen-bond acceptors (Lipinski definition) is 6. The summed E-state index contributed by atoms with van der Waals surface area (Å²) in [5, 5.41) is 0. The van der Waals surface area contributed by atoms with Crippen LogP contribution >= 0.6 is 0 Å². The molecule has 0 aliphatic heterocycles. The fraction of sp³-hybridized carbons (Fsp3) is 1.00. The lowest BCUT2D eigenvalue weighted by Gasteiger charge is -2.41. The Morgan fingerprint density at radius 1 is 0.180 bits per heavy atom. The zero-order valence-electron chi connectivity index (χ0n) is 20.8. The van der Waals surface area contributed by atoms with Gasteiger partial charge in [0.1, 0.15) is 0 Å². The smallest absolute Gasteiger partial charge is 0.245 e. The number of ether oxygens (including phenoxy) is 6. The molecule has 36 heteroatoms. The highest BCUT2D eigenvalue weighted by Gasteiger charge is 2.90. The summed E-state index contributed by atoms with van der Waals surface area (Å²) < 4.78 is 394. The normalized spacial score (nSPS) is 17.6. The number of alkyl halides is 30. The van der Waals surface area contributed by atoms with Crippen LogP contribution < -0.4 is 0 Å². The minimum Gasteiger partial charge on any atom is -0.245 e. The molecule has 0 fully saturated rings. The van der Waals surface area contributed by atoms with Gasteiger partial charge in [0.05, 0.1) is 0 Å². The van der Waals surface area contributed by atoms with Crippen LogP contribution in [0.4, 0.5) is 132 Å². The SMILES string of the molecule is FC(F)(F)OC(F)(F)C(F)(F)OC(F)(F)C(F)(F)OC(F)(F)C(F)(F)OC(F)(F)C(F)(C(F)(F)F)C(F)(F)OC(F)(F)C(F)(F)OC(F)(F)F. The Kier molecular flexibility index (Phi) is 12.1. The average Bonchev–Trinajstić information content (AvgIpc) is 2.70. The fourth-order valence-electron chi connectivity index (χ4n) is 2.05. The summed E-state index contributed by atoms with van der Waals surface area (Å²) >= 11 is 0. The number of hydrogen-bond donors (Lipinski definition) is 0. The summed E-state index contributed by atoms with van der Waals surface area (Å²) in [5.41, 5.74) is -9.19. The van der Waals surface area contributed by atoms with Gasteiger partial charge in [-0.1, -0.05) is 0 Å². The Hall–Kier alpha value is -2.34. The van der Waals surface area contributed by atoms with Gasteiger partial charge in [0, 0.05) is 0 Å². The van der Waals surface area contributed by atoms with Crippen molar-refractivity contribution in [3.8, 4) is 0 Å². The minimum absolute atomic E-state index is 0.845. The Bertz CT molecular complexity index is 1170. The van der Waals surface area contributed by atoms with Gasteiger partial charge in [-0.05, 0) is 0 Å². The van der Waals surface area contributed by atoms with Crippen LogP contribution in [0.15, 0.2) is 0 Å². The van der Waals surface area contributed by atoms with Crippen molar-refractivity contribution in [1.29, 1.82) is 0 Å². The summed E-state index contributed by atoms with van der Waals surface area (Å²) in [6.07, 6.45) is -106. The van der Waals surface area contributed by atoms with Crippen LogP contribution in [-0.4, -0.2) is 85.7 Å². The van der Waals surface area contributed by atoms with Crippen molar-refractivity contribution in [3.05, 3.63) is 0 Å². The third-order valence-corrected chi connectivity index (χ3v) is 4.06. The third kappa shape index (κ3) is 9.75. The lowest BCUT2D eigenvalue weighted by Crippen LogP contribution is -2.71. The molecular weight excluding hydrogens is 834 g/mol. The molecule has 6 nitrogen and oxygen atoms in total. The molecule has 0 spiro atoms. The summed E-state index contributed by atoms with van der Waals surface area (Å²) in [6, 6.07) is 0. The van der Waals surface area contributed by atoms with Gasteiger partial charge in [0.15, 0.2) is 0 Å². The van der Waals surface area contributed by atoms with Gasteiger partial charge in [-0.3, -0.25) is 0 Å². The molecule has 0 saturated carbocycles. The molecule has 0 aliphatic carbocycles. The van der Waals surface area contributed by atoms with Gasteiger partial charge < -0.3 is 0 Å². The Morgan fingerprint density at radius 3 is 0.460 bits per heavy atom. The number of rotatable bonds is 16. The van der Waals surface area contributed by atoms with Crippen LogP contribution in [0, 0.1) is 0 Å². The highest BCUT2D eigenvalue weighted by molar-refractivity contribution is 5.03. The Morgan fingerprint density at radius 2 is 0.320 bits per heavy atom. The lowest BCUT2D eigenvalue weighted by molar-refractivity contribution is -0.592. The van der Waals surface area contributed by atoms with E-state index in [4.69, 9.17) is 0 Å². The van der Waals surface area contributed by atoms with Gasteiger partial charge in [-0.15, -0.1) is 26.3 Å². The topological polar surface area (TPSA) is 55.4 Å². The van der Waals surface area contributed by atoms with Crippen LogP contribution in [-0.2, 0) is 28.4 Å². The molecule has 0 saturated heterocycles. The monoisotopic (exact) mass is 834 g/mol. The van der Waals surface area contributed by atoms with E-state index in [-0.39, 0.29) is 0 Å². The van der Waals surface area contributed by atoms with Gasteiger partial charge in [-0.25, -0.2) is 32.8 Å². The van der Waals surface area contributed by atoms with Crippen molar-refractivity contribution >= 4 is 0 Å². The van der Waals surface area contributed by atoms with Crippen LogP contribution in [0.1, 0.15) is 0 Å². The van der Waals surface area contributed by atoms with Gasteiger partial charge in [0.2, 0.25) is 0 Å². The lowest BCUT2D eigenvalue weighted by atomic mass is 10.0. The molecule has 0 aromatic carbocycles. The first-order valence-electron chi connectivity index (χ1n) is 9.87. The zero-order valence-corrected chi connectivity index (χ0v) is 20.8. The molecule has 50 heavy (non-hydrogen) atoms. The van der Waals surface area contributed by atoms with Crippen molar-refractivity contribution in [2.75, 3.05) is 0 Å². The second-order valence-corrected chi connectivity index (χ2v) is 7.83. The Balaban J connectivity index is 6.80. The third-order valence-electron chi connectivity index (χ3n) is 4.06. The van der Waals surface area contributed by atoms with E-state index >= 15 is 0 Å². The van der Waals surface area contributed by atoms with E-state index in [0.717, 1.165) is 23.7 Å². The van der Waals surface area contributed by atoms with Crippen LogP contribution in [0.25, 0.3) is 0 Å². The van der Waals surface area contributed by atoms with E-state index in [9.17, 15) is 132 Å². The molecule has 0 amide bonds. The molecule has 0 aromatic heterocycles. The maximum atomic E-state index is 14.1. The van der Waals surface area contributed by atoms with E-state index in [1.165, 1.54) is 4.74 Å². The Labute approximate surface area is 247 Å². The summed E-state index contributed by atoms with van der Waals surface area (Å²) in [6.45, 7) is 0. The van der Waals surface area contributed by atoms with Crippen molar-refractivity contribution in [2.45, 2.75) is 85.7 Å². The maximum Gasteiger partial charge on any atom is 0.527 e. The first-order chi connectivity index (χ1) is 21.0. The van der Waals surface area contributed by atoms with Gasteiger partial charge in [0.25, 0.3) is 0 Å². The second kappa shape index (κ2) is 12.7. The van der Waals surface area contributed by atoms with Gasteiger partial charge in [-0.2, -0.15) is 101 Å². The van der Waals surface area contributed by atoms with Crippen molar-refractivity contribution in [1.82, 2.24) is 0 Å². The molecule has 1 unspecified atom stereocenters. The standard InChI is InChI=1S/C14F30O6/c15-1(2(16,17)18,4(21,22)46-9(31,32)11(35,36)49-13(39,40)41)3(19,20)45-5(23,24)6(25,26)47-7(27,28)8(29,30)48-10(33,34)12(37,38)50-14(42,43)44. The predicted octanol–water partition coefficient (Wildman–Crippen LogP) is 9.32. The first kappa shape index (κ1) is 47.7. The van der Waals surface area contributed by atoms with E-state index in [0.29, 0.717) is 0 Å².